The number of rotatable bonds is 1. The highest BCUT2D eigenvalue weighted by atomic mass is 16.5. The predicted octanol–water partition coefficient (Wildman–Crippen LogP) is 4.33. The van der Waals surface area contributed by atoms with Crippen LogP contribution in [0.15, 0.2) is 0 Å². The molecule has 7 atom stereocenters. The maximum absolute atomic E-state index is 12.7. The van der Waals surface area contributed by atoms with Crippen molar-refractivity contribution in [3.63, 3.8) is 0 Å². The van der Waals surface area contributed by atoms with Gasteiger partial charge in [-0.25, -0.2) is 0 Å². The van der Waals surface area contributed by atoms with Crippen LogP contribution in [0.25, 0.3) is 0 Å². The van der Waals surface area contributed by atoms with Crippen LogP contribution in [-0.2, 0) is 9.53 Å². The molecule has 1 spiro atoms. The third kappa shape index (κ3) is 1.98. The number of aliphatic hydroxyl groups is 1. The fourth-order valence-corrected chi connectivity index (χ4v) is 8.51. The van der Waals surface area contributed by atoms with Crippen LogP contribution in [0.3, 0.4) is 0 Å². The van der Waals surface area contributed by atoms with Crippen molar-refractivity contribution < 1.29 is 14.6 Å². The van der Waals surface area contributed by atoms with Crippen molar-refractivity contribution in [3.05, 3.63) is 0 Å². The Bertz CT molecular complexity index is 679. The molecule has 0 unspecified atom stereocenters. The summed E-state index contributed by atoms with van der Waals surface area (Å²) in [4.78, 5) is 12.7. The largest absolute Gasteiger partial charge is 0.469 e. The van der Waals surface area contributed by atoms with Crippen molar-refractivity contribution in [2.75, 3.05) is 7.11 Å². The van der Waals surface area contributed by atoms with Gasteiger partial charge < -0.3 is 9.84 Å². The van der Waals surface area contributed by atoms with Gasteiger partial charge in [-0.05, 0) is 81.0 Å². The molecule has 0 heterocycles. The van der Waals surface area contributed by atoms with Gasteiger partial charge in [0.05, 0.1) is 12.5 Å². The zero-order chi connectivity index (χ0) is 19.0. The minimum Gasteiger partial charge on any atom is -0.469 e. The number of fused-ring (bicyclic) bond motifs is 3. The number of hydrogen-bond acceptors (Lipinski definition) is 3. The summed E-state index contributed by atoms with van der Waals surface area (Å²) < 4.78 is 5.24. The lowest BCUT2D eigenvalue weighted by molar-refractivity contribution is -0.185. The molecule has 0 aliphatic heterocycles. The highest BCUT2D eigenvalue weighted by Gasteiger charge is 2.71. The second-order valence-corrected chi connectivity index (χ2v) is 10.7. The SMILES string of the molecule is C#C[C@@]1(O)C[C@]23CC[C@H]4[C@@](C)(CCC[C@@]4(C)C(=O)OC)[C@@H]2CC[C@@]1(C)C3. The van der Waals surface area contributed by atoms with E-state index < -0.39 is 5.60 Å². The maximum Gasteiger partial charge on any atom is 0.311 e. The van der Waals surface area contributed by atoms with Crippen LogP contribution in [-0.4, -0.2) is 23.8 Å². The predicted molar refractivity (Wildman–Crippen MR) is 101 cm³/mol. The number of carbonyl (C=O) groups excluding carboxylic acids is 1. The van der Waals surface area contributed by atoms with Crippen molar-refractivity contribution in [3.8, 4) is 12.3 Å². The number of carbonyl (C=O) groups is 1. The summed E-state index contributed by atoms with van der Waals surface area (Å²) >= 11 is 0. The molecule has 4 fully saturated rings. The van der Waals surface area contributed by atoms with E-state index in [9.17, 15) is 9.90 Å². The quantitative estimate of drug-likeness (QED) is 0.561. The highest BCUT2D eigenvalue weighted by molar-refractivity contribution is 5.77. The fraction of sp³-hybridized carbons (Fsp3) is 0.870. The minimum absolute atomic E-state index is 0.0309. The van der Waals surface area contributed by atoms with Crippen molar-refractivity contribution in [2.45, 2.75) is 84.2 Å². The molecule has 4 rings (SSSR count). The zero-order valence-corrected chi connectivity index (χ0v) is 16.9. The first-order chi connectivity index (χ1) is 12.1. The van der Waals surface area contributed by atoms with Gasteiger partial charge in [-0.1, -0.05) is 26.2 Å². The molecular formula is C23H34O3. The summed E-state index contributed by atoms with van der Waals surface area (Å²) in [6, 6.07) is 0. The third-order valence-corrected chi connectivity index (χ3v) is 9.67. The molecule has 0 amide bonds. The van der Waals surface area contributed by atoms with E-state index >= 15 is 0 Å². The van der Waals surface area contributed by atoms with Crippen LogP contribution in [0.1, 0.15) is 78.6 Å². The average Bonchev–Trinajstić information content (AvgIpc) is 2.75. The van der Waals surface area contributed by atoms with Crippen molar-refractivity contribution in [1.82, 2.24) is 0 Å². The molecule has 0 aromatic rings. The number of terminal acetylenes is 1. The Morgan fingerprint density at radius 1 is 1.08 bits per heavy atom. The Morgan fingerprint density at radius 3 is 2.42 bits per heavy atom. The van der Waals surface area contributed by atoms with Gasteiger partial charge in [0.25, 0.3) is 0 Å². The van der Waals surface area contributed by atoms with Gasteiger partial charge in [0.15, 0.2) is 0 Å². The number of hydrogen-bond donors (Lipinski definition) is 1. The van der Waals surface area contributed by atoms with Gasteiger partial charge in [0.2, 0.25) is 0 Å². The second-order valence-electron chi connectivity index (χ2n) is 10.7. The Balaban J connectivity index is 1.75. The summed E-state index contributed by atoms with van der Waals surface area (Å²) in [6.07, 6.45) is 15.1. The summed E-state index contributed by atoms with van der Waals surface area (Å²) in [6.45, 7) is 6.77. The van der Waals surface area contributed by atoms with E-state index in [0.29, 0.717) is 11.8 Å². The molecule has 3 heteroatoms. The monoisotopic (exact) mass is 358 g/mol. The molecule has 4 saturated carbocycles. The van der Waals surface area contributed by atoms with Crippen LogP contribution in [0.4, 0.5) is 0 Å². The number of ether oxygens (including phenoxy) is 1. The van der Waals surface area contributed by atoms with E-state index in [1.807, 2.05) is 0 Å². The lowest BCUT2D eigenvalue weighted by Gasteiger charge is -2.64. The van der Waals surface area contributed by atoms with Crippen LogP contribution in [0.2, 0.25) is 0 Å². The van der Waals surface area contributed by atoms with Crippen LogP contribution in [0, 0.1) is 45.8 Å². The van der Waals surface area contributed by atoms with Gasteiger partial charge >= 0.3 is 5.97 Å². The van der Waals surface area contributed by atoms with Crippen molar-refractivity contribution in [1.29, 1.82) is 0 Å². The summed E-state index contributed by atoms with van der Waals surface area (Å²) in [5.74, 6) is 3.68. The molecule has 26 heavy (non-hydrogen) atoms. The van der Waals surface area contributed by atoms with Crippen LogP contribution in [0.5, 0.6) is 0 Å². The molecule has 4 aliphatic carbocycles. The molecule has 1 N–H and O–H groups in total. The average molecular weight is 359 g/mol. The van der Waals surface area contributed by atoms with E-state index in [-0.39, 0.29) is 27.6 Å². The van der Waals surface area contributed by atoms with Crippen molar-refractivity contribution in [2.24, 2.45) is 33.5 Å². The molecular weight excluding hydrogens is 324 g/mol. The summed E-state index contributed by atoms with van der Waals surface area (Å²) in [5.41, 5.74) is -1.20. The second kappa shape index (κ2) is 5.28. The first-order valence-electron chi connectivity index (χ1n) is 10.4. The molecule has 0 aromatic carbocycles. The van der Waals surface area contributed by atoms with E-state index in [1.165, 1.54) is 13.5 Å². The van der Waals surface area contributed by atoms with E-state index in [0.717, 1.165) is 51.4 Å². The Labute approximate surface area is 158 Å². The standard InChI is InChI=1S/C23H34O3/c1-6-23(25)15-22-13-9-16-20(3,17(22)8-12-19(23,2)14-22)10-7-11-21(16,4)18(24)26-5/h1,16-17,25H,7-15H2,2-5H3/t16-,17-,19-,20+,21+,22+,23+/m0/s1. The lowest BCUT2D eigenvalue weighted by Crippen LogP contribution is -2.58. The van der Waals surface area contributed by atoms with Gasteiger partial charge in [-0.15, -0.1) is 6.42 Å². The fourth-order valence-electron chi connectivity index (χ4n) is 8.51. The summed E-state index contributed by atoms with van der Waals surface area (Å²) in [5, 5.41) is 11.3. The normalized spacial score (nSPS) is 55.4. The van der Waals surface area contributed by atoms with Gasteiger partial charge in [-0.2, -0.15) is 0 Å². The Hall–Kier alpha value is -1.01. The maximum atomic E-state index is 12.7. The number of methoxy groups -OCH3 is 1. The minimum atomic E-state index is -0.967. The van der Waals surface area contributed by atoms with E-state index in [4.69, 9.17) is 11.2 Å². The first kappa shape index (κ1) is 18.4. The first-order valence-corrected chi connectivity index (χ1v) is 10.4. The number of esters is 1. The van der Waals surface area contributed by atoms with E-state index in [1.54, 1.807) is 0 Å². The van der Waals surface area contributed by atoms with Gasteiger partial charge in [0.1, 0.15) is 5.60 Å². The third-order valence-electron chi connectivity index (χ3n) is 9.67. The van der Waals surface area contributed by atoms with Crippen LogP contribution < -0.4 is 0 Å². The van der Waals surface area contributed by atoms with Gasteiger partial charge in [-0.3, -0.25) is 4.79 Å². The van der Waals surface area contributed by atoms with Crippen molar-refractivity contribution >= 4 is 5.97 Å². The zero-order valence-electron chi connectivity index (χ0n) is 16.9. The molecule has 0 aromatic heterocycles. The van der Waals surface area contributed by atoms with E-state index in [2.05, 4.69) is 26.7 Å². The summed E-state index contributed by atoms with van der Waals surface area (Å²) in [7, 11) is 1.53. The lowest BCUT2D eigenvalue weighted by atomic mass is 9.40. The molecule has 144 valence electrons. The van der Waals surface area contributed by atoms with Gasteiger partial charge in [0, 0.05) is 5.41 Å². The molecule has 4 aliphatic rings. The Morgan fingerprint density at radius 2 is 1.77 bits per heavy atom. The molecule has 0 saturated heterocycles. The smallest absolute Gasteiger partial charge is 0.311 e. The van der Waals surface area contributed by atoms with Crippen LogP contribution >= 0.6 is 0 Å². The highest BCUT2D eigenvalue weighted by Crippen LogP contribution is 2.75. The Kier molecular flexibility index (Phi) is 3.73. The topological polar surface area (TPSA) is 46.5 Å². The molecule has 3 nitrogen and oxygen atoms in total. The molecule has 0 radical (unpaired) electrons. The molecule has 2 bridgehead atoms.